The van der Waals surface area contributed by atoms with Crippen LogP contribution < -0.4 is 0 Å². The molecule has 0 aromatic carbocycles. The predicted molar refractivity (Wildman–Crippen MR) is 52.7 cm³/mol. The first-order valence-corrected chi connectivity index (χ1v) is 5.32. The molecule has 0 amide bonds. The maximum Gasteiger partial charge on any atom is 0.316 e. The van der Waals surface area contributed by atoms with Crippen molar-refractivity contribution in [1.82, 2.24) is 0 Å². The lowest BCUT2D eigenvalue weighted by molar-refractivity contribution is -0.169. The molecule has 0 unspecified atom stereocenters. The van der Waals surface area contributed by atoms with E-state index < -0.39 is 5.92 Å². The number of rotatable bonds is 3. The van der Waals surface area contributed by atoms with Gasteiger partial charge in [0.05, 0.1) is 5.92 Å². The van der Waals surface area contributed by atoms with Crippen molar-refractivity contribution in [3.8, 4) is 0 Å². The van der Waals surface area contributed by atoms with E-state index in [0.717, 1.165) is 19.3 Å². The number of carbonyl (C=O) groups is 2. The van der Waals surface area contributed by atoms with E-state index >= 15 is 0 Å². The van der Waals surface area contributed by atoms with Gasteiger partial charge >= 0.3 is 5.97 Å². The highest BCUT2D eigenvalue weighted by Crippen LogP contribution is 2.25. The Kier molecular flexibility index (Phi) is 3.67. The predicted octanol–water partition coefficient (Wildman–Crippen LogP) is 1.94. The molecule has 1 fully saturated rings. The first-order chi connectivity index (χ1) is 6.57. The quantitative estimate of drug-likeness (QED) is 0.514. The maximum absolute atomic E-state index is 11.6. The number of hydrogen-bond donors (Lipinski definition) is 0. The second-order valence-corrected chi connectivity index (χ2v) is 4.03. The Labute approximate surface area is 84.8 Å². The van der Waals surface area contributed by atoms with Crippen molar-refractivity contribution in [2.75, 3.05) is 0 Å². The number of Topliss-reactive ketones (excluding diaryl/α,β-unsaturated/α-hetero) is 1. The first-order valence-electron chi connectivity index (χ1n) is 5.32. The Morgan fingerprint density at radius 1 is 1.29 bits per heavy atom. The van der Waals surface area contributed by atoms with E-state index in [0.29, 0.717) is 0 Å². The zero-order chi connectivity index (χ0) is 10.7. The molecule has 14 heavy (non-hydrogen) atoms. The van der Waals surface area contributed by atoms with E-state index in [9.17, 15) is 9.59 Å². The highest BCUT2D eigenvalue weighted by atomic mass is 16.5. The van der Waals surface area contributed by atoms with Crippen LogP contribution in [-0.4, -0.2) is 17.9 Å². The van der Waals surface area contributed by atoms with Crippen molar-refractivity contribution in [1.29, 1.82) is 0 Å². The topological polar surface area (TPSA) is 43.4 Å². The van der Waals surface area contributed by atoms with E-state index in [-0.39, 0.29) is 23.8 Å². The molecule has 1 aliphatic rings. The van der Waals surface area contributed by atoms with Gasteiger partial charge in [0.25, 0.3) is 0 Å². The highest BCUT2D eigenvalue weighted by molar-refractivity contribution is 6.01. The zero-order valence-corrected chi connectivity index (χ0v) is 9.08. The van der Waals surface area contributed by atoms with Crippen LogP contribution in [0.25, 0.3) is 0 Å². The second kappa shape index (κ2) is 4.58. The average Bonchev–Trinajstić information content (AvgIpc) is 2.18. The van der Waals surface area contributed by atoms with Crippen LogP contribution in [0.3, 0.4) is 0 Å². The molecule has 0 saturated carbocycles. The fourth-order valence-electron chi connectivity index (χ4n) is 1.76. The summed E-state index contributed by atoms with van der Waals surface area (Å²) in [6.45, 7) is 5.56. The Balaban J connectivity index is 2.61. The van der Waals surface area contributed by atoms with Gasteiger partial charge in [-0.25, -0.2) is 0 Å². The van der Waals surface area contributed by atoms with Crippen molar-refractivity contribution < 1.29 is 14.3 Å². The van der Waals surface area contributed by atoms with E-state index in [1.54, 1.807) is 6.92 Å². The summed E-state index contributed by atoms with van der Waals surface area (Å²) in [5, 5.41) is 0. The molecule has 3 atom stereocenters. The Hall–Kier alpha value is -0.860. The first kappa shape index (κ1) is 11.2. The third-order valence-electron chi connectivity index (χ3n) is 2.90. The van der Waals surface area contributed by atoms with Gasteiger partial charge in [0.15, 0.2) is 5.78 Å². The number of carbonyl (C=O) groups excluding carboxylic acids is 2. The van der Waals surface area contributed by atoms with Gasteiger partial charge < -0.3 is 4.74 Å². The highest BCUT2D eigenvalue weighted by Gasteiger charge is 2.39. The lowest BCUT2D eigenvalue weighted by atomic mass is 9.86. The Bertz CT molecular complexity index is 235. The molecular formula is C11H18O3. The minimum absolute atomic E-state index is 0.0300. The number of unbranched alkanes of at least 4 members (excludes halogenated alkanes) is 1. The summed E-state index contributed by atoms with van der Waals surface area (Å²) < 4.78 is 5.22. The third-order valence-corrected chi connectivity index (χ3v) is 2.90. The van der Waals surface area contributed by atoms with Crippen molar-refractivity contribution in [3.63, 3.8) is 0 Å². The van der Waals surface area contributed by atoms with E-state index in [2.05, 4.69) is 6.92 Å². The normalized spacial score (nSPS) is 32.9. The van der Waals surface area contributed by atoms with Crippen LogP contribution in [0.5, 0.6) is 0 Å². The molecule has 0 aliphatic carbocycles. The minimum Gasteiger partial charge on any atom is -0.461 e. The fraction of sp³-hybridized carbons (Fsp3) is 0.818. The van der Waals surface area contributed by atoms with Crippen LogP contribution in [-0.2, 0) is 14.3 Å². The second-order valence-electron chi connectivity index (χ2n) is 4.03. The maximum atomic E-state index is 11.6. The average molecular weight is 198 g/mol. The van der Waals surface area contributed by atoms with Crippen molar-refractivity contribution in [2.24, 2.45) is 11.8 Å². The van der Waals surface area contributed by atoms with Crippen LogP contribution in [0, 0.1) is 11.8 Å². The summed E-state index contributed by atoms with van der Waals surface area (Å²) in [6, 6.07) is 0. The SMILES string of the molecule is CCCC[C@H]1OC(=O)[C@H](C)C(=O)[C@H]1C. The van der Waals surface area contributed by atoms with Gasteiger partial charge in [-0.15, -0.1) is 0 Å². The van der Waals surface area contributed by atoms with Crippen molar-refractivity contribution >= 4 is 11.8 Å². The largest absolute Gasteiger partial charge is 0.461 e. The number of esters is 1. The molecule has 1 rings (SSSR count). The number of ether oxygens (including phenoxy) is 1. The molecule has 0 aromatic heterocycles. The summed E-state index contributed by atoms with van der Waals surface area (Å²) in [5.74, 6) is -1.02. The van der Waals surface area contributed by atoms with Gasteiger partial charge in [0.1, 0.15) is 12.0 Å². The Morgan fingerprint density at radius 2 is 1.93 bits per heavy atom. The number of ketones is 1. The summed E-state index contributed by atoms with van der Waals surface area (Å²) in [6.07, 6.45) is 2.68. The lowest BCUT2D eigenvalue weighted by Gasteiger charge is -2.30. The fourth-order valence-corrected chi connectivity index (χ4v) is 1.76. The Morgan fingerprint density at radius 3 is 2.50 bits per heavy atom. The summed E-state index contributed by atoms with van der Waals surface area (Å²) in [5.41, 5.74) is 0. The van der Waals surface area contributed by atoms with E-state index in [1.807, 2.05) is 6.92 Å². The minimum atomic E-state index is -0.567. The lowest BCUT2D eigenvalue weighted by Crippen LogP contribution is -2.43. The molecule has 0 radical (unpaired) electrons. The van der Waals surface area contributed by atoms with Gasteiger partial charge in [0, 0.05) is 0 Å². The summed E-state index contributed by atoms with van der Waals surface area (Å²) in [7, 11) is 0. The standard InChI is InChI=1S/C11H18O3/c1-4-5-6-9-7(2)10(12)8(3)11(13)14-9/h7-9H,4-6H2,1-3H3/t7-,8+,9+/m0/s1. The molecule has 1 heterocycles. The number of hydrogen-bond acceptors (Lipinski definition) is 3. The molecule has 1 aliphatic heterocycles. The zero-order valence-electron chi connectivity index (χ0n) is 9.08. The smallest absolute Gasteiger partial charge is 0.316 e. The molecule has 1 saturated heterocycles. The third kappa shape index (κ3) is 2.14. The van der Waals surface area contributed by atoms with Gasteiger partial charge in [0.2, 0.25) is 0 Å². The summed E-state index contributed by atoms with van der Waals surface area (Å²) >= 11 is 0. The molecule has 0 N–H and O–H groups in total. The van der Waals surface area contributed by atoms with Crippen LogP contribution >= 0.6 is 0 Å². The molecule has 3 nitrogen and oxygen atoms in total. The van der Waals surface area contributed by atoms with Crippen molar-refractivity contribution in [2.45, 2.75) is 46.1 Å². The monoisotopic (exact) mass is 198 g/mol. The molecule has 80 valence electrons. The van der Waals surface area contributed by atoms with Gasteiger partial charge in [-0.1, -0.05) is 26.7 Å². The molecule has 0 aromatic rings. The van der Waals surface area contributed by atoms with Gasteiger partial charge in [-0.3, -0.25) is 9.59 Å². The van der Waals surface area contributed by atoms with Crippen LogP contribution in [0.2, 0.25) is 0 Å². The molecule has 0 bridgehead atoms. The van der Waals surface area contributed by atoms with E-state index in [1.165, 1.54) is 0 Å². The number of cyclic esters (lactones) is 1. The van der Waals surface area contributed by atoms with E-state index in [4.69, 9.17) is 4.74 Å². The van der Waals surface area contributed by atoms with Crippen LogP contribution in [0.4, 0.5) is 0 Å². The molecule has 0 spiro atoms. The van der Waals surface area contributed by atoms with Gasteiger partial charge in [-0.2, -0.15) is 0 Å². The molecular weight excluding hydrogens is 180 g/mol. The van der Waals surface area contributed by atoms with Crippen LogP contribution in [0.15, 0.2) is 0 Å². The van der Waals surface area contributed by atoms with Gasteiger partial charge in [-0.05, 0) is 13.3 Å². The molecule has 3 heteroatoms. The van der Waals surface area contributed by atoms with Crippen molar-refractivity contribution in [3.05, 3.63) is 0 Å². The summed E-state index contributed by atoms with van der Waals surface area (Å²) in [4.78, 5) is 22.9. The van der Waals surface area contributed by atoms with Crippen LogP contribution in [0.1, 0.15) is 40.0 Å².